The maximum atomic E-state index is 12.9. The van der Waals surface area contributed by atoms with Crippen molar-refractivity contribution < 1.29 is 9.59 Å². The Bertz CT molecular complexity index is 828. The van der Waals surface area contributed by atoms with Gasteiger partial charge in [-0.05, 0) is 51.0 Å². The molecule has 1 heterocycles. The molecule has 0 radical (unpaired) electrons. The van der Waals surface area contributed by atoms with E-state index in [0.29, 0.717) is 18.7 Å². The third-order valence-corrected chi connectivity index (χ3v) is 4.93. The van der Waals surface area contributed by atoms with E-state index in [9.17, 15) is 9.59 Å². The van der Waals surface area contributed by atoms with Crippen molar-refractivity contribution in [2.75, 3.05) is 18.0 Å². The monoisotopic (exact) mass is 336 g/mol. The zero-order valence-electron chi connectivity index (χ0n) is 15.2. The second kappa shape index (κ2) is 6.71. The number of piperazine rings is 1. The summed E-state index contributed by atoms with van der Waals surface area (Å²) in [6, 6.07) is 13.1. The molecule has 0 aliphatic carbocycles. The number of carbonyl (C=O) groups is 2. The van der Waals surface area contributed by atoms with Crippen molar-refractivity contribution in [2.24, 2.45) is 0 Å². The molecule has 2 aromatic carbocycles. The number of rotatable bonds is 2. The molecule has 1 aliphatic heterocycles. The van der Waals surface area contributed by atoms with Crippen LogP contribution in [0.25, 0.3) is 0 Å². The molecule has 1 saturated heterocycles. The summed E-state index contributed by atoms with van der Waals surface area (Å²) in [4.78, 5) is 29.3. The Kier molecular flexibility index (Phi) is 4.62. The van der Waals surface area contributed by atoms with E-state index in [2.05, 4.69) is 6.07 Å². The van der Waals surface area contributed by atoms with Crippen LogP contribution in [0.15, 0.2) is 42.5 Å². The molecule has 2 aromatic rings. The van der Waals surface area contributed by atoms with Crippen molar-refractivity contribution in [1.29, 1.82) is 0 Å². The smallest absolute Gasteiger partial charge is 0.254 e. The van der Waals surface area contributed by atoms with Crippen LogP contribution in [0.2, 0.25) is 0 Å². The van der Waals surface area contributed by atoms with Gasteiger partial charge in [-0.3, -0.25) is 9.59 Å². The zero-order chi connectivity index (χ0) is 18.1. The predicted octanol–water partition coefficient (Wildman–Crippen LogP) is 3.49. The normalized spacial score (nSPS) is 17.8. The Morgan fingerprint density at radius 2 is 1.72 bits per heavy atom. The van der Waals surface area contributed by atoms with Gasteiger partial charge in [-0.25, -0.2) is 0 Å². The lowest BCUT2D eigenvalue weighted by molar-refractivity contribution is -0.124. The van der Waals surface area contributed by atoms with Crippen LogP contribution in [-0.4, -0.2) is 35.8 Å². The Morgan fingerprint density at radius 3 is 2.40 bits per heavy atom. The lowest BCUT2D eigenvalue weighted by atomic mass is 10.0. The molecule has 1 unspecified atom stereocenters. The van der Waals surface area contributed by atoms with Gasteiger partial charge in [0.1, 0.15) is 6.04 Å². The third-order valence-electron chi connectivity index (χ3n) is 4.93. The maximum Gasteiger partial charge on any atom is 0.254 e. The molecule has 1 aliphatic rings. The van der Waals surface area contributed by atoms with Crippen molar-refractivity contribution in [2.45, 2.75) is 33.7 Å². The molecule has 0 bridgehead atoms. The second-order valence-corrected chi connectivity index (χ2v) is 6.77. The highest BCUT2D eigenvalue weighted by molar-refractivity contribution is 6.04. The second-order valence-electron chi connectivity index (χ2n) is 6.77. The number of nitrogens with zero attached hydrogens (tertiary/aromatic N) is 2. The highest BCUT2D eigenvalue weighted by Gasteiger charge is 2.36. The number of carbonyl (C=O) groups excluding carboxylic acids is 2. The Morgan fingerprint density at radius 1 is 1.00 bits per heavy atom. The van der Waals surface area contributed by atoms with E-state index in [4.69, 9.17) is 0 Å². The summed E-state index contributed by atoms with van der Waals surface area (Å²) in [5.41, 5.74) is 4.80. The summed E-state index contributed by atoms with van der Waals surface area (Å²) in [5, 5.41) is 0. The summed E-state index contributed by atoms with van der Waals surface area (Å²) in [6.45, 7) is 8.85. The molecular formula is C21H24N2O2. The average molecular weight is 336 g/mol. The molecule has 0 N–H and O–H groups in total. The summed E-state index contributed by atoms with van der Waals surface area (Å²) in [6.07, 6.45) is 0. The quantitative estimate of drug-likeness (QED) is 0.842. The van der Waals surface area contributed by atoms with Gasteiger partial charge in [-0.2, -0.15) is 0 Å². The van der Waals surface area contributed by atoms with E-state index in [-0.39, 0.29) is 11.8 Å². The van der Waals surface area contributed by atoms with Crippen LogP contribution in [0.4, 0.5) is 5.69 Å². The minimum Gasteiger partial charge on any atom is -0.325 e. The number of amides is 2. The molecule has 1 atom stereocenters. The predicted molar refractivity (Wildman–Crippen MR) is 99.9 cm³/mol. The minimum atomic E-state index is -0.471. The topological polar surface area (TPSA) is 40.6 Å². The van der Waals surface area contributed by atoms with Gasteiger partial charge in [0.15, 0.2) is 0 Å². The third kappa shape index (κ3) is 3.16. The van der Waals surface area contributed by atoms with Crippen molar-refractivity contribution in [3.8, 4) is 0 Å². The van der Waals surface area contributed by atoms with Gasteiger partial charge in [0.2, 0.25) is 5.91 Å². The van der Waals surface area contributed by atoms with Crippen molar-refractivity contribution in [3.63, 3.8) is 0 Å². The highest BCUT2D eigenvalue weighted by Crippen LogP contribution is 2.26. The standard InChI is InChI=1S/C21H24N2O2/c1-14-9-10-19(16(3)13-14)23-12-11-22(17(4)20(23)24)21(25)18-8-6-5-7-15(18)2/h5-10,13,17H,11-12H2,1-4H3. The van der Waals surface area contributed by atoms with E-state index in [1.165, 1.54) is 5.56 Å². The van der Waals surface area contributed by atoms with Gasteiger partial charge in [0, 0.05) is 24.3 Å². The summed E-state index contributed by atoms with van der Waals surface area (Å²) in [5.74, 6) is -0.0978. The van der Waals surface area contributed by atoms with Gasteiger partial charge >= 0.3 is 0 Å². The lowest BCUT2D eigenvalue weighted by Gasteiger charge is -2.39. The van der Waals surface area contributed by atoms with E-state index in [1.807, 2.05) is 64.1 Å². The van der Waals surface area contributed by atoms with Crippen LogP contribution in [-0.2, 0) is 4.79 Å². The van der Waals surface area contributed by atoms with Crippen molar-refractivity contribution >= 4 is 17.5 Å². The van der Waals surface area contributed by atoms with Crippen LogP contribution in [0, 0.1) is 20.8 Å². The van der Waals surface area contributed by atoms with Crippen molar-refractivity contribution in [1.82, 2.24) is 4.90 Å². The first-order valence-electron chi connectivity index (χ1n) is 8.65. The van der Waals surface area contributed by atoms with E-state index in [1.54, 1.807) is 9.80 Å². The fraction of sp³-hybridized carbons (Fsp3) is 0.333. The fourth-order valence-corrected chi connectivity index (χ4v) is 3.46. The summed E-state index contributed by atoms with van der Waals surface area (Å²) >= 11 is 0. The van der Waals surface area contributed by atoms with E-state index in [0.717, 1.165) is 16.8 Å². The average Bonchev–Trinajstić information content (AvgIpc) is 2.58. The van der Waals surface area contributed by atoms with Crippen LogP contribution < -0.4 is 4.90 Å². The maximum absolute atomic E-state index is 12.9. The number of benzene rings is 2. The molecule has 4 nitrogen and oxygen atoms in total. The van der Waals surface area contributed by atoms with E-state index < -0.39 is 6.04 Å². The Hall–Kier alpha value is -2.62. The van der Waals surface area contributed by atoms with Crippen LogP contribution in [0.1, 0.15) is 34.0 Å². The molecule has 130 valence electrons. The van der Waals surface area contributed by atoms with Crippen LogP contribution in [0.3, 0.4) is 0 Å². The number of aryl methyl sites for hydroxylation is 3. The number of anilines is 1. The summed E-state index contributed by atoms with van der Waals surface area (Å²) in [7, 11) is 0. The Labute approximate surface area is 149 Å². The molecule has 0 aromatic heterocycles. The zero-order valence-corrected chi connectivity index (χ0v) is 15.2. The SMILES string of the molecule is Cc1ccc(N2CCN(C(=O)c3ccccc3C)C(C)C2=O)c(C)c1. The van der Waals surface area contributed by atoms with Gasteiger partial charge < -0.3 is 9.80 Å². The summed E-state index contributed by atoms with van der Waals surface area (Å²) < 4.78 is 0. The molecule has 4 heteroatoms. The van der Waals surface area contributed by atoms with Gasteiger partial charge in [-0.15, -0.1) is 0 Å². The number of hydrogen-bond acceptors (Lipinski definition) is 2. The highest BCUT2D eigenvalue weighted by atomic mass is 16.2. The fourth-order valence-electron chi connectivity index (χ4n) is 3.46. The molecule has 25 heavy (non-hydrogen) atoms. The van der Waals surface area contributed by atoms with E-state index >= 15 is 0 Å². The first-order chi connectivity index (χ1) is 11.9. The molecule has 1 fully saturated rings. The van der Waals surface area contributed by atoms with Crippen LogP contribution >= 0.6 is 0 Å². The molecule has 0 saturated carbocycles. The Balaban J connectivity index is 1.84. The molecular weight excluding hydrogens is 312 g/mol. The minimum absolute atomic E-state index is 0.0277. The van der Waals surface area contributed by atoms with Crippen LogP contribution in [0.5, 0.6) is 0 Å². The first kappa shape index (κ1) is 17.2. The first-order valence-corrected chi connectivity index (χ1v) is 8.65. The van der Waals surface area contributed by atoms with Crippen molar-refractivity contribution in [3.05, 3.63) is 64.7 Å². The largest absolute Gasteiger partial charge is 0.325 e. The molecule has 2 amide bonds. The van der Waals surface area contributed by atoms with Gasteiger partial charge in [0.05, 0.1) is 0 Å². The molecule has 3 rings (SSSR count). The lowest BCUT2D eigenvalue weighted by Crippen LogP contribution is -2.58. The number of hydrogen-bond donors (Lipinski definition) is 0. The molecule has 0 spiro atoms. The van der Waals surface area contributed by atoms with Gasteiger partial charge in [-0.1, -0.05) is 35.9 Å². The van der Waals surface area contributed by atoms with Gasteiger partial charge in [0.25, 0.3) is 5.91 Å².